The Morgan fingerprint density at radius 3 is 0.614 bits per heavy atom. The topological polar surface area (TPSA) is 55.4 Å². The van der Waals surface area contributed by atoms with Crippen molar-refractivity contribution < 1.29 is 26.5 Å². The molecule has 0 saturated carbocycles. The van der Waals surface area contributed by atoms with E-state index in [4.69, 9.17) is 26.5 Å². The van der Waals surface area contributed by atoms with E-state index in [1.165, 1.54) is 16.7 Å². The molecular weight excluding hydrogens is 765 g/mol. The summed E-state index contributed by atoms with van der Waals surface area (Å²) < 4.78 is 41.5. The van der Waals surface area contributed by atoms with E-state index in [1.807, 2.05) is 0 Å². The second-order valence-corrected chi connectivity index (χ2v) is 25.7. The summed E-state index contributed by atoms with van der Waals surface area (Å²) in [6, 6.07) is 13.7. The summed E-state index contributed by atoms with van der Waals surface area (Å²) in [5.74, 6) is 2.38. The molecule has 1 fully saturated rings. The van der Waals surface area contributed by atoms with Gasteiger partial charge < -0.3 is 13.6 Å². The quantitative estimate of drug-likeness (QED) is 0.200. The Morgan fingerprint density at radius 1 is 0.333 bits per heavy atom. The van der Waals surface area contributed by atoms with Crippen molar-refractivity contribution in [2.24, 2.45) is 0 Å². The molecule has 0 unspecified atom stereocenters. The minimum absolute atomic E-state index is 0.209. The molecule has 3 aromatic carbocycles. The summed E-state index contributed by atoms with van der Waals surface area (Å²) in [4.78, 5) is 0. The lowest BCUT2D eigenvalue weighted by atomic mass is 9.78. The molecule has 4 rings (SSSR count). The van der Waals surface area contributed by atoms with Gasteiger partial charge in [-0.05, 0) is 68.4 Å². The molecule has 0 N–H and O–H groups in total. The van der Waals surface area contributed by atoms with E-state index in [0.717, 1.165) is 69.9 Å². The van der Waals surface area contributed by atoms with E-state index >= 15 is 0 Å². The van der Waals surface area contributed by atoms with Gasteiger partial charge in [0.15, 0.2) is 0 Å². The lowest BCUT2D eigenvalue weighted by Crippen LogP contribution is -2.21. The highest BCUT2D eigenvalue weighted by atomic mass is 31.3. The molecule has 0 aromatic heterocycles. The molecule has 0 bridgehead atoms. The van der Waals surface area contributed by atoms with Gasteiger partial charge in [0, 0.05) is 33.4 Å². The summed E-state index contributed by atoms with van der Waals surface area (Å²) in [5.41, 5.74) is 9.25. The van der Waals surface area contributed by atoms with Crippen molar-refractivity contribution in [2.75, 3.05) is 0 Å². The van der Waals surface area contributed by atoms with Gasteiger partial charge in [0.05, 0.1) is 0 Å². The van der Waals surface area contributed by atoms with Crippen LogP contribution in [0.4, 0.5) is 0 Å². The van der Waals surface area contributed by atoms with Gasteiger partial charge in [-0.3, -0.25) is 0 Å². The molecular formula is C48H75O6P3. The molecule has 1 heterocycles. The molecule has 0 aliphatic carbocycles. The maximum absolute atomic E-state index is 7.08. The summed E-state index contributed by atoms with van der Waals surface area (Å²) in [6.07, 6.45) is 2.77. The van der Waals surface area contributed by atoms with E-state index in [2.05, 4.69) is 182 Å². The van der Waals surface area contributed by atoms with Crippen LogP contribution < -0.4 is 13.6 Å². The van der Waals surface area contributed by atoms with Crippen LogP contribution in [0.15, 0.2) is 36.4 Å². The van der Waals surface area contributed by atoms with E-state index < -0.39 is 25.8 Å². The Bertz CT molecular complexity index is 1550. The molecule has 0 amide bonds. The van der Waals surface area contributed by atoms with Crippen LogP contribution in [-0.2, 0) is 64.7 Å². The van der Waals surface area contributed by atoms with Gasteiger partial charge in [0.25, 0.3) is 0 Å². The summed E-state index contributed by atoms with van der Waals surface area (Å²) in [7, 11) is -6.14. The van der Waals surface area contributed by atoms with E-state index in [0.29, 0.717) is 0 Å². The van der Waals surface area contributed by atoms with Crippen molar-refractivity contribution >= 4 is 25.8 Å². The third kappa shape index (κ3) is 11.7. The molecule has 0 spiro atoms. The standard InChI is InChI=1S/C48H75O6P3/c1-22-31-25-34(43(4,5)6)40(35(26-31)44(7,8)9)49-55-52-56(50-41-36(45(10,11)12)27-32(23-2)28-37(41)46(13,14)15)54-57(53-55)51-42-38(47(16,17)18)29-33(24-3)30-39(42)48(19,20)21/h25-30H,22-24H2,1-21H3. The molecule has 0 radical (unpaired) electrons. The molecule has 1 aliphatic heterocycles. The Morgan fingerprint density at radius 2 is 0.491 bits per heavy atom. The number of rotatable bonds is 9. The van der Waals surface area contributed by atoms with Crippen LogP contribution in [-0.4, -0.2) is 0 Å². The first kappa shape index (κ1) is 47.9. The van der Waals surface area contributed by atoms with Crippen molar-refractivity contribution in [1.82, 2.24) is 0 Å². The van der Waals surface area contributed by atoms with Crippen LogP contribution in [0, 0.1) is 0 Å². The van der Waals surface area contributed by atoms with Crippen LogP contribution in [0.5, 0.6) is 17.2 Å². The second-order valence-electron chi connectivity index (χ2n) is 21.8. The van der Waals surface area contributed by atoms with Crippen molar-refractivity contribution in [3.8, 4) is 17.2 Å². The third-order valence-electron chi connectivity index (χ3n) is 10.4. The van der Waals surface area contributed by atoms with Crippen LogP contribution in [0.2, 0.25) is 0 Å². The number of hydrogen-bond donors (Lipinski definition) is 0. The van der Waals surface area contributed by atoms with Crippen LogP contribution in [0.25, 0.3) is 0 Å². The van der Waals surface area contributed by atoms with Gasteiger partial charge in [0.2, 0.25) is 0 Å². The molecule has 1 aliphatic rings. The average Bonchev–Trinajstić information content (AvgIpc) is 3.05. The first-order chi connectivity index (χ1) is 25.9. The Balaban J connectivity index is 1.96. The van der Waals surface area contributed by atoms with Gasteiger partial charge in [-0.25, -0.2) is 12.9 Å². The highest BCUT2D eigenvalue weighted by molar-refractivity contribution is 7.69. The van der Waals surface area contributed by atoms with Crippen molar-refractivity contribution in [1.29, 1.82) is 0 Å². The zero-order valence-electron chi connectivity index (χ0n) is 39.4. The average molecular weight is 841 g/mol. The summed E-state index contributed by atoms with van der Waals surface area (Å²) in [5, 5.41) is 0. The zero-order valence-corrected chi connectivity index (χ0v) is 42.1. The maximum atomic E-state index is 7.08. The molecule has 9 heteroatoms. The largest absolute Gasteiger partial charge is 0.426 e. The van der Waals surface area contributed by atoms with Gasteiger partial charge in [0.1, 0.15) is 17.2 Å². The normalized spacial score (nSPS) is 18.8. The Labute approximate surface area is 351 Å². The van der Waals surface area contributed by atoms with Crippen molar-refractivity contribution in [3.63, 3.8) is 0 Å². The minimum Gasteiger partial charge on any atom is -0.426 e. The molecule has 57 heavy (non-hydrogen) atoms. The fourth-order valence-corrected chi connectivity index (χ4v) is 11.2. The van der Waals surface area contributed by atoms with Gasteiger partial charge in [-0.15, -0.1) is 0 Å². The van der Waals surface area contributed by atoms with Gasteiger partial charge >= 0.3 is 25.8 Å². The monoisotopic (exact) mass is 840 g/mol. The maximum Gasteiger partial charge on any atom is 0.413 e. The molecule has 0 atom stereocenters. The lowest BCUT2D eigenvalue weighted by Gasteiger charge is -2.36. The molecule has 1 saturated heterocycles. The first-order valence-corrected chi connectivity index (χ1v) is 24.2. The van der Waals surface area contributed by atoms with Crippen LogP contribution in [0.3, 0.4) is 0 Å². The van der Waals surface area contributed by atoms with E-state index in [9.17, 15) is 0 Å². The predicted octanol–water partition coefficient (Wildman–Crippen LogP) is 16.4. The number of hydrogen-bond acceptors (Lipinski definition) is 6. The number of benzene rings is 3. The fraction of sp³-hybridized carbons (Fsp3) is 0.625. The van der Waals surface area contributed by atoms with Crippen LogP contribution in [0.1, 0.15) is 195 Å². The molecule has 3 aromatic rings. The van der Waals surface area contributed by atoms with E-state index in [-0.39, 0.29) is 32.5 Å². The molecule has 6 nitrogen and oxygen atoms in total. The Kier molecular flexibility index (Phi) is 14.5. The smallest absolute Gasteiger partial charge is 0.413 e. The molecule has 318 valence electrons. The Hall–Kier alpha value is -1.77. The van der Waals surface area contributed by atoms with Gasteiger partial charge in [-0.1, -0.05) is 182 Å². The highest BCUT2D eigenvalue weighted by Crippen LogP contribution is 2.73. The third-order valence-corrected chi connectivity index (χ3v) is 14.6. The summed E-state index contributed by atoms with van der Waals surface area (Å²) >= 11 is 0. The minimum atomic E-state index is -2.05. The lowest BCUT2D eigenvalue weighted by molar-refractivity contribution is 0.271. The van der Waals surface area contributed by atoms with Crippen LogP contribution >= 0.6 is 25.8 Å². The number of aryl methyl sites for hydroxylation is 3. The second kappa shape index (κ2) is 17.3. The fourth-order valence-electron chi connectivity index (χ4n) is 6.85. The summed E-state index contributed by atoms with van der Waals surface area (Å²) in [6.45, 7) is 46.8. The zero-order chi connectivity index (χ0) is 43.3. The predicted molar refractivity (Wildman–Crippen MR) is 246 cm³/mol. The van der Waals surface area contributed by atoms with Crippen molar-refractivity contribution in [2.45, 2.75) is 197 Å². The van der Waals surface area contributed by atoms with Gasteiger partial charge in [-0.2, -0.15) is 0 Å². The first-order valence-electron chi connectivity index (χ1n) is 20.9. The highest BCUT2D eigenvalue weighted by Gasteiger charge is 2.45. The van der Waals surface area contributed by atoms with E-state index in [1.54, 1.807) is 0 Å². The van der Waals surface area contributed by atoms with Crippen molar-refractivity contribution in [3.05, 3.63) is 86.5 Å². The SMILES string of the molecule is CCc1cc(C(C)(C)C)c(OP2OP(Oc3c(C(C)(C)C)cc(CC)cc3C(C)(C)C)OP(Oc3c(C(C)(C)C)cc(CC)cc3C(C)(C)C)O2)c(C(C)(C)C)c1.